The highest BCUT2D eigenvalue weighted by Gasteiger charge is 2.21. The second-order valence-corrected chi connectivity index (χ2v) is 9.52. The lowest BCUT2D eigenvalue weighted by Crippen LogP contribution is -2.09. The molecular formula is C28H30BrN3O4. The maximum Gasteiger partial charge on any atom is 0.339 e. The Morgan fingerprint density at radius 2 is 1.86 bits per heavy atom. The summed E-state index contributed by atoms with van der Waals surface area (Å²) < 4.78 is 13.5. The van der Waals surface area contributed by atoms with Crippen molar-refractivity contribution in [3.05, 3.63) is 75.8 Å². The molecule has 1 aromatic heterocycles. The van der Waals surface area contributed by atoms with Crippen LogP contribution in [0.2, 0.25) is 0 Å². The largest absolute Gasteiger partial charge is 0.494 e. The van der Waals surface area contributed by atoms with E-state index in [-0.39, 0.29) is 6.61 Å². The molecule has 0 aliphatic carbocycles. The Morgan fingerprint density at radius 1 is 1.14 bits per heavy atom. The summed E-state index contributed by atoms with van der Waals surface area (Å²) in [6.45, 7) is 5.10. The van der Waals surface area contributed by atoms with Gasteiger partial charge in [0.1, 0.15) is 22.6 Å². The van der Waals surface area contributed by atoms with Crippen LogP contribution in [0.1, 0.15) is 41.3 Å². The molecule has 3 aromatic carbocycles. The third-order valence-electron chi connectivity index (χ3n) is 6.18. The van der Waals surface area contributed by atoms with E-state index in [9.17, 15) is 9.90 Å². The second-order valence-electron chi connectivity index (χ2n) is 8.73. The molecule has 0 bridgehead atoms. The van der Waals surface area contributed by atoms with E-state index in [2.05, 4.69) is 59.4 Å². The molecule has 0 radical (unpaired) electrons. The van der Waals surface area contributed by atoms with Crippen LogP contribution in [-0.2, 0) is 17.8 Å². The number of ether oxygens (including phenoxy) is 2. The lowest BCUT2D eigenvalue weighted by atomic mass is 10.0. The molecule has 0 spiro atoms. The molecule has 2 N–H and O–H groups in total. The standard InChI is InChI=1S/C28H30BrN3O4/c1-17(2)18-9-11-19(12-10-18)27-31-25-24(29)20(15-23(35-3)26(25)32(27)13-14-33)16-30-22-8-6-5-7-21(22)28(34)36-4/h5-12,15,17,30,33H,13-14,16H2,1-4H3. The summed E-state index contributed by atoms with van der Waals surface area (Å²) in [5.41, 5.74) is 5.81. The Morgan fingerprint density at radius 3 is 2.50 bits per heavy atom. The molecule has 0 aliphatic rings. The van der Waals surface area contributed by atoms with Gasteiger partial charge >= 0.3 is 5.97 Å². The fourth-order valence-corrected chi connectivity index (χ4v) is 4.78. The lowest BCUT2D eigenvalue weighted by Gasteiger charge is -2.15. The summed E-state index contributed by atoms with van der Waals surface area (Å²) >= 11 is 3.76. The molecule has 7 nitrogen and oxygen atoms in total. The summed E-state index contributed by atoms with van der Waals surface area (Å²) in [5, 5.41) is 13.2. The van der Waals surface area contributed by atoms with Crippen molar-refractivity contribution >= 4 is 38.6 Å². The summed E-state index contributed by atoms with van der Waals surface area (Å²) in [6, 6.07) is 17.5. The van der Waals surface area contributed by atoms with Gasteiger partial charge in [-0.3, -0.25) is 0 Å². The van der Waals surface area contributed by atoms with Crippen molar-refractivity contribution in [3.8, 4) is 17.1 Å². The number of hydrogen-bond donors (Lipinski definition) is 2. The third-order valence-corrected chi connectivity index (χ3v) is 7.06. The van der Waals surface area contributed by atoms with Crippen LogP contribution in [0.3, 0.4) is 0 Å². The summed E-state index contributed by atoms with van der Waals surface area (Å²) in [7, 11) is 2.99. The van der Waals surface area contributed by atoms with Crippen LogP contribution in [0.15, 0.2) is 59.1 Å². The maximum atomic E-state index is 12.2. The van der Waals surface area contributed by atoms with Gasteiger partial charge in [-0.1, -0.05) is 50.2 Å². The Kier molecular flexibility index (Phi) is 7.96. The molecule has 0 amide bonds. The van der Waals surface area contributed by atoms with E-state index >= 15 is 0 Å². The number of carbonyl (C=O) groups excluding carboxylic acids is 1. The molecule has 0 unspecified atom stereocenters. The van der Waals surface area contributed by atoms with Crippen LogP contribution in [0, 0.1) is 0 Å². The fourth-order valence-electron chi connectivity index (χ4n) is 4.25. The van der Waals surface area contributed by atoms with Crippen LogP contribution in [0.4, 0.5) is 5.69 Å². The first-order valence-electron chi connectivity index (χ1n) is 11.8. The Hall–Kier alpha value is -3.36. The zero-order valence-corrected chi connectivity index (χ0v) is 22.4. The van der Waals surface area contributed by atoms with Gasteiger partial charge in [0.15, 0.2) is 0 Å². The van der Waals surface area contributed by atoms with E-state index in [0.717, 1.165) is 32.5 Å². The molecule has 0 aliphatic heterocycles. The number of anilines is 1. The van der Waals surface area contributed by atoms with Gasteiger partial charge in [0.25, 0.3) is 0 Å². The minimum absolute atomic E-state index is 0.0308. The smallest absolute Gasteiger partial charge is 0.339 e. The predicted octanol–water partition coefficient (Wildman–Crippen LogP) is 5.99. The van der Waals surface area contributed by atoms with Gasteiger partial charge in [-0.15, -0.1) is 0 Å². The topological polar surface area (TPSA) is 85.6 Å². The number of nitrogens with zero attached hydrogens (tertiary/aromatic N) is 2. The molecule has 8 heteroatoms. The number of carbonyl (C=O) groups is 1. The summed E-state index contributed by atoms with van der Waals surface area (Å²) in [6.07, 6.45) is 0. The molecule has 188 valence electrons. The van der Waals surface area contributed by atoms with Gasteiger partial charge < -0.3 is 24.5 Å². The van der Waals surface area contributed by atoms with Crippen molar-refractivity contribution in [2.75, 3.05) is 26.1 Å². The number of para-hydroxylation sites is 1. The molecule has 0 saturated heterocycles. The molecule has 36 heavy (non-hydrogen) atoms. The van der Waals surface area contributed by atoms with E-state index < -0.39 is 5.97 Å². The Labute approximate surface area is 219 Å². The van der Waals surface area contributed by atoms with Gasteiger partial charge in [-0.2, -0.15) is 0 Å². The Balaban J connectivity index is 1.78. The number of imidazole rings is 1. The van der Waals surface area contributed by atoms with Crippen LogP contribution in [0.5, 0.6) is 5.75 Å². The number of hydrogen-bond acceptors (Lipinski definition) is 6. The van der Waals surface area contributed by atoms with Crippen molar-refractivity contribution < 1.29 is 19.4 Å². The van der Waals surface area contributed by atoms with Crippen molar-refractivity contribution in [1.82, 2.24) is 9.55 Å². The highest BCUT2D eigenvalue weighted by molar-refractivity contribution is 9.10. The number of rotatable bonds is 9. The minimum Gasteiger partial charge on any atom is -0.494 e. The van der Waals surface area contributed by atoms with Crippen molar-refractivity contribution in [2.45, 2.75) is 32.9 Å². The van der Waals surface area contributed by atoms with Crippen LogP contribution < -0.4 is 10.1 Å². The van der Waals surface area contributed by atoms with Gasteiger partial charge in [-0.25, -0.2) is 9.78 Å². The first-order chi connectivity index (χ1) is 17.4. The van der Waals surface area contributed by atoms with Gasteiger partial charge in [0, 0.05) is 24.3 Å². The molecular weight excluding hydrogens is 522 g/mol. The van der Waals surface area contributed by atoms with Gasteiger partial charge in [-0.05, 0) is 51.2 Å². The molecule has 0 atom stereocenters. The number of aromatic nitrogens is 2. The second kappa shape index (κ2) is 11.1. The minimum atomic E-state index is -0.402. The molecule has 0 fully saturated rings. The lowest BCUT2D eigenvalue weighted by molar-refractivity contribution is 0.0602. The Bertz CT molecular complexity index is 1380. The first kappa shape index (κ1) is 25.7. The molecule has 4 aromatic rings. The quantitative estimate of drug-likeness (QED) is 0.248. The van der Waals surface area contributed by atoms with E-state index in [4.69, 9.17) is 14.5 Å². The monoisotopic (exact) mass is 551 g/mol. The van der Waals surface area contributed by atoms with Crippen LogP contribution in [0.25, 0.3) is 22.4 Å². The van der Waals surface area contributed by atoms with Crippen molar-refractivity contribution in [3.63, 3.8) is 0 Å². The number of aliphatic hydroxyl groups excluding tert-OH is 1. The summed E-state index contributed by atoms with van der Waals surface area (Å²) in [5.74, 6) is 1.44. The predicted molar refractivity (Wildman–Crippen MR) is 146 cm³/mol. The van der Waals surface area contributed by atoms with Gasteiger partial charge in [0.2, 0.25) is 0 Å². The average molecular weight is 552 g/mol. The van der Waals surface area contributed by atoms with Crippen LogP contribution in [-0.4, -0.2) is 41.5 Å². The van der Waals surface area contributed by atoms with Crippen molar-refractivity contribution in [2.24, 2.45) is 0 Å². The van der Waals surface area contributed by atoms with E-state index in [0.29, 0.717) is 36.0 Å². The number of methoxy groups -OCH3 is 2. The highest BCUT2D eigenvalue weighted by atomic mass is 79.9. The number of aliphatic hydroxyl groups is 1. The van der Waals surface area contributed by atoms with E-state index in [1.807, 2.05) is 22.8 Å². The third kappa shape index (κ3) is 4.96. The van der Waals surface area contributed by atoms with E-state index in [1.165, 1.54) is 12.7 Å². The highest BCUT2D eigenvalue weighted by Crippen LogP contribution is 2.38. The molecule has 4 rings (SSSR count). The van der Waals surface area contributed by atoms with Gasteiger partial charge in [0.05, 0.1) is 30.9 Å². The zero-order chi connectivity index (χ0) is 25.8. The van der Waals surface area contributed by atoms with E-state index in [1.54, 1.807) is 19.2 Å². The number of fused-ring (bicyclic) bond motifs is 1. The number of nitrogens with one attached hydrogen (secondary N) is 1. The average Bonchev–Trinajstić information content (AvgIpc) is 3.28. The maximum absolute atomic E-state index is 12.2. The SMILES string of the molecule is COC(=O)c1ccccc1NCc1cc(OC)c2c(nc(-c3ccc(C(C)C)cc3)n2CCO)c1Br. The number of esters is 1. The normalized spacial score (nSPS) is 11.2. The van der Waals surface area contributed by atoms with Crippen LogP contribution >= 0.6 is 15.9 Å². The zero-order valence-electron chi connectivity index (χ0n) is 20.8. The molecule has 0 saturated carbocycles. The summed E-state index contributed by atoms with van der Waals surface area (Å²) in [4.78, 5) is 17.1. The molecule has 1 heterocycles. The first-order valence-corrected chi connectivity index (χ1v) is 12.6. The number of halogens is 1. The van der Waals surface area contributed by atoms with Crippen molar-refractivity contribution in [1.29, 1.82) is 0 Å². The number of benzene rings is 3. The fraction of sp³-hybridized carbons (Fsp3) is 0.286.